The van der Waals surface area contributed by atoms with Crippen molar-refractivity contribution in [1.29, 1.82) is 0 Å². The lowest BCUT2D eigenvalue weighted by atomic mass is 10.0. The molecule has 0 bridgehead atoms. The van der Waals surface area contributed by atoms with Crippen molar-refractivity contribution in [3.63, 3.8) is 0 Å². The van der Waals surface area contributed by atoms with Crippen molar-refractivity contribution in [3.8, 4) is 0 Å². The van der Waals surface area contributed by atoms with Gasteiger partial charge in [-0.3, -0.25) is 0 Å². The van der Waals surface area contributed by atoms with Gasteiger partial charge in [0.15, 0.2) is 0 Å². The van der Waals surface area contributed by atoms with Crippen molar-refractivity contribution in [3.05, 3.63) is 35.4 Å². The molecule has 1 rings (SSSR count). The van der Waals surface area contributed by atoms with Crippen LogP contribution in [0.5, 0.6) is 0 Å². The van der Waals surface area contributed by atoms with Gasteiger partial charge >= 0.3 is 11.9 Å². The summed E-state index contributed by atoms with van der Waals surface area (Å²) < 4.78 is -3.50. The van der Waals surface area contributed by atoms with E-state index < -0.39 is 20.6 Å². The van der Waals surface area contributed by atoms with Gasteiger partial charge in [0.25, 0.3) is 0 Å². The highest BCUT2D eigenvalue weighted by Gasteiger charge is 2.33. The molecular formula is C16H18Cl4O4. The normalized spacial score (nSPS) is 12.2. The first-order valence-electron chi connectivity index (χ1n) is 7.35. The molecule has 8 heteroatoms. The first-order chi connectivity index (χ1) is 11.0. The fourth-order valence-corrected chi connectivity index (χ4v) is 2.65. The summed E-state index contributed by atoms with van der Waals surface area (Å²) in [6.45, 7) is 0. The van der Waals surface area contributed by atoms with Gasteiger partial charge in [0.1, 0.15) is 0 Å². The third-order valence-corrected chi connectivity index (χ3v) is 4.96. The Hall–Kier alpha value is -0.680. The zero-order valence-corrected chi connectivity index (χ0v) is 15.8. The maximum Gasteiger partial charge on any atom is 0.340 e. The SMILES string of the molecule is O=C(O)C(Cl)(Cl)CCCc1ccc(CCCC(Cl)(Cl)C(=O)O)cc1. The predicted octanol–water partition coefficient (Wildman–Crippen LogP) is 4.85. The van der Waals surface area contributed by atoms with E-state index in [1.165, 1.54) is 0 Å². The molecule has 0 aliphatic carbocycles. The lowest BCUT2D eigenvalue weighted by Crippen LogP contribution is -2.25. The maximum atomic E-state index is 10.8. The Balaban J connectivity index is 2.41. The summed E-state index contributed by atoms with van der Waals surface area (Å²) in [5, 5.41) is 17.7. The van der Waals surface area contributed by atoms with Crippen LogP contribution in [0.2, 0.25) is 0 Å². The zero-order valence-electron chi connectivity index (χ0n) is 12.8. The first-order valence-corrected chi connectivity index (χ1v) is 8.86. The molecular weight excluding hydrogens is 398 g/mol. The highest BCUT2D eigenvalue weighted by molar-refractivity contribution is 6.57. The molecule has 0 spiro atoms. The van der Waals surface area contributed by atoms with E-state index in [2.05, 4.69) is 0 Å². The topological polar surface area (TPSA) is 74.6 Å². The van der Waals surface area contributed by atoms with Gasteiger partial charge in [-0.15, -0.1) is 0 Å². The Kier molecular flexibility index (Phi) is 8.13. The fraction of sp³-hybridized carbons (Fsp3) is 0.500. The van der Waals surface area contributed by atoms with Crippen molar-refractivity contribution >= 4 is 58.3 Å². The number of alkyl halides is 4. The lowest BCUT2D eigenvalue weighted by Gasteiger charge is -2.14. The quantitative estimate of drug-likeness (QED) is 0.535. The van der Waals surface area contributed by atoms with Gasteiger partial charge in [0.2, 0.25) is 8.67 Å². The molecule has 0 aromatic heterocycles. The number of hydrogen-bond acceptors (Lipinski definition) is 2. The average Bonchev–Trinajstić information content (AvgIpc) is 2.48. The van der Waals surface area contributed by atoms with Crippen molar-refractivity contribution < 1.29 is 19.8 Å². The average molecular weight is 416 g/mol. The molecule has 2 N–H and O–H groups in total. The van der Waals surface area contributed by atoms with Gasteiger partial charge in [-0.1, -0.05) is 70.7 Å². The number of benzene rings is 1. The Bertz CT molecular complexity index is 519. The van der Waals surface area contributed by atoms with E-state index in [-0.39, 0.29) is 12.8 Å². The molecule has 0 radical (unpaired) electrons. The molecule has 0 aliphatic heterocycles. The third-order valence-electron chi connectivity index (χ3n) is 3.56. The van der Waals surface area contributed by atoms with Gasteiger partial charge in [-0.05, 0) is 49.7 Å². The van der Waals surface area contributed by atoms with E-state index in [0.29, 0.717) is 25.7 Å². The number of aryl methyl sites for hydroxylation is 2. The lowest BCUT2D eigenvalue weighted by molar-refractivity contribution is -0.138. The van der Waals surface area contributed by atoms with Crippen LogP contribution in [0, 0.1) is 0 Å². The smallest absolute Gasteiger partial charge is 0.340 e. The molecule has 4 nitrogen and oxygen atoms in total. The summed E-state index contributed by atoms with van der Waals surface area (Å²) in [6.07, 6.45) is 2.77. The van der Waals surface area contributed by atoms with E-state index in [1.54, 1.807) is 0 Å². The summed E-state index contributed by atoms with van der Waals surface area (Å²) in [6, 6.07) is 7.75. The number of carbonyl (C=O) groups is 2. The number of hydrogen-bond donors (Lipinski definition) is 2. The molecule has 0 saturated heterocycles. The Morgan fingerprint density at radius 1 is 0.750 bits per heavy atom. The Morgan fingerprint density at radius 3 is 1.29 bits per heavy atom. The van der Waals surface area contributed by atoms with Crippen molar-refractivity contribution in [2.75, 3.05) is 0 Å². The van der Waals surface area contributed by atoms with Crippen LogP contribution in [0.3, 0.4) is 0 Å². The molecule has 24 heavy (non-hydrogen) atoms. The highest BCUT2D eigenvalue weighted by atomic mass is 35.5. The van der Waals surface area contributed by atoms with Crippen LogP contribution in [0.15, 0.2) is 24.3 Å². The van der Waals surface area contributed by atoms with Crippen molar-refractivity contribution in [1.82, 2.24) is 0 Å². The summed E-state index contributed by atoms with van der Waals surface area (Å²) >= 11 is 22.7. The molecule has 0 atom stereocenters. The van der Waals surface area contributed by atoms with E-state index >= 15 is 0 Å². The zero-order chi connectivity index (χ0) is 18.4. The minimum absolute atomic E-state index is 0.163. The van der Waals surface area contributed by atoms with Gasteiger partial charge in [-0.2, -0.15) is 0 Å². The van der Waals surface area contributed by atoms with E-state index in [0.717, 1.165) is 11.1 Å². The van der Waals surface area contributed by atoms with Gasteiger partial charge in [0, 0.05) is 0 Å². The molecule has 0 aliphatic rings. The second kappa shape index (κ2) is 9.14. The summed E-state index contributed by atoms with van der Waals surface area (Å²) in [4.78, 5) is 21.6. The van der Waals surface area contributed by atoms with E-state index in [9.17, 15) is 9.59 Å². The molecule has 0 fully saturated rings. The number of carboxylic acids is 2. The van der Waals surface area contributed by atoms with E-state index in [4.69, 9.17) is 56.6 Å². The summed E-state index contributed by atoms with van der Waals surface area (Å²) in [5.41, 5.74) is 2.09. The second-order valence-electron chi connectivity index (χ2n) is 5.54. The molecule has 0 saturated carbocycles. The van der Waals surface area contributed by atoms with Crippen molar-refractivity contribution in [2.24, 2.45) is 0 Å². The molecule has 134 valence electrons. The van der Waals surface area contributed by atoms with Crippen LogP contribution >= 0.6 is 46.4 Å². The molecule has 1 aromatic carbocycles. The minimum Gasteiger partial charge on any atom is -0.479 e. The standard InChI is InChI=1S/C16H18Cl4O4/c17-15(18,13(21)22)9-1-3-11-5-7-12(8-6-11)4-2-10-16(19,20)14(23)24/h5-8H,1-4,9-10H2,(H,21,22)(H,23,24). The second-order valence-corrected chi connectivity index (χ2v) is 8.51. The largest absolute Gasteiger partial charge is 0.479 e. The Labute approximate surface area is 160 Å². The van der Waals surface area contributed by atoms with E-state index in [1.807, 2.05) is 24.3 Å². The number of aliphatic carboxylic acids is 2. The summed E-state index contributed by atoms with van der Waals surface area (Å²) in [5.74, 6) is -2.48. The molecule has 0 heterocycles. The predicted molar refractivity (Wildman–Crippen MR) is 96.5 cm³/mol. The van der Waals surface area contributed by atoms with Gasteiger partial charge in [0.05, 0.1) is 0 Å². The maximum absolute atomic E-state index is 10.8. The molecule has 1 aromatic rings. The first kappa shape index (κ1) is 21.4. The monoisotopic (exact) mass is 414 g/mol. The summed E-state index contributed by atoms with van der Waals surface area (Å²) in [7, 11) is 0. The number of rotatable bonds is 10. The fourth-order valence-electron chi connectivity index (χ4n) is 2.12. The number of halogens is 4. The Morgan fingerprint density at radius 2 is 1.04 bits per heavy atom. The molecule has 0 amide bonds. The van der Waals surface area contributed by atoms with Gasteiger partial charge < -0.3 is 10.2 Å². The highest BCUT2D eigenvalue weighted by Crippen LogP contribution is 2.29. The van der Waals surface area contributed by atoms with Crippen molar-refractivity contribution in [2.45, 2.75) is 47.2 Å². The van der Waals surface area contributed by atoms with Gasteiger partial charge in [-0.25, -0.2) is 9.59 Å². The third kappa shape index (κ3) is 7.06. The van der Waals surface area contributed by atoms with Crippen LogP contribution in [0.25, 0.3) is 0 Å². The van der Waals surface area contributed by atoms with Crippen LogP contribution in [-0.2, 0) is 22.4 Å². The van der Waals surface area contributed by atoms with Crippen LogP contribution < -0.4 is 0 Å². The minimum atomic E-state index is -1.75. The van der Waals surface area contributed by atoms with Crippen LogP contribution in [0.4, 0.5) is 0 Å². The van der Waals surface area contributed by atoms with Crippen LogP contribution in [-0.4, -0.2) is 30.8 Å². The molecule has 0 unspecified atom stereocenters. The number of carboxylic acid groups (broad SMARTS) is 2. The van der Waals surface area contributed by atoms with Crippen LogP contribution in [0.1, 0.15) is 36.8 Å².